The molecule has 0 bridgehead atoms. The van der Waals surface area contributed by atoms with Crippen molar-refractivity contribution in [2.75, 3.05) is 0 Å². The molecule has 0 aromatic heterocycles. The van der Waals surface area contributed by atoms with Crippen molar-refractivity contribution in [2.24, 2.45) is 0 Å². The van der Waals surface area contributed by atoms with Crippen molar-refractivity contribution in [3.8, 4) is 11.8 Å². The lowest BCUT2D eigenvalue weighted by molar-refractivity contribution is 0.00694. The van der Waals surface area contributed by atoms with Gasteiger partial charge in [0, 0.05) is 12.8 Å². The molecular formula is C17H22O2. The van der Waals surface area contributed by atoms with E-state index in [0.717, 1.165) is 18.4 Å². The highest BCUT2D eigenvalue weighted by atomic mass is 16.6. The third-order valence-electron chi connectivity index (χ3n) is 2.35. The number of hydrogen-bond acceptors (Lipinski definition) is 2. The smallest absolute Gasteiger partial charge is 0.338 e. The van der Waals surface area contributed by atoms with Crippen LogP contribution < -0.4 is 0 Å². The SMILES string of the molecule is CCCC#CCc1cccc(C(=O)OC(C)(C)C)c1. The lowest BCUT2D eigenvalue weighted by atomic mass is 10.1. The van der Waals surface area contributed by atoms with Crippen molar-refractivity contribution in [1.29, 1.82) is 0 Å². The summed E-state index contributed by atoms with van der Waals surface area (Å²) in [7, 11) is 0. The maximum atomic E-state index is 11.9. The van der Waals surface area contributed by atoms with Gasteiger partial charge in [-0.05, 0) is 44.9 Å². The van der Waals surface area contributed by atoms with Gasteiger partial charge in [-0.25, -0.2) is 4.79 Å². The Bertz CT molecular complexity index is 484. The van der Waals surface area contributed by atoms with E-state index in [4.69, 9.17) is 4.74 Å². The first kappa shape index (κ1) is 15.3. The van der Waals surface area contributed by atoms with E-state index in [1.54, 1.807) is 6.07 Å². The molecule has 2 heteroatoms. The molecule has 0 saturated heterocycles. The monoisotopic (exact) mass is 258 g/mol. The van der Waals surface area contributed by atoms with Crippen molar-refractivity contribution in [1.82, 2.24) is 0 Å². The van der Waals surface area contributed by atoms with Gasteiger partial charge >= 0.3 is 5.97 Å². The first-order valence-corrected chi connectivity index (χ1v) is 6.70. The first-order valence-electron chi connectivity index (χ1n) is 6.70. The Hall–Kier alpha value is -1.75. The van der Waals surface area contributed by atoms with E-state index in [1.165, 1.54) is 0 Å². The van der Waals surface area contributed by atoms with E-state index in [2.05, 4.69) is 18.8 Å². The lowest BCUT2D eigenvalue weighted by Crippen LogP contribution is -2.23. The number of ether oxygens (including phenoxy) is 1. The molecule has 0 unspecified atom stereocenters. The molecule has 0 atom stereocenters. The molecule has 0 amide bonds. The molecule has 0 spiro atoms. The number of esters is 1. The topological polar surface area (TPSA) is 26.3 Å². The highest BCUT2D eigenvalue weighted by Crippen LogP contribution is 2.13. The summed E-state index contributed by atoms with van der Waals surface area (Å²) in [4.78, 5) is 11.9. The van der Waals surface area contributed by atoms with Crippen LogP contribution in [0.15, 0.2) is 24.3 Å². The maximum Gasteiger partial charge on any atom is 0.338 e. The molecule has 19 heavy (non-hydrogen) atoms. The van der Waals surface area contributed by atoms with Crippen molar-refractivity contribution in [2.45, 2.75) is 52.6 Å². The number of rotatable bonds is 3. The van der Waals surface area contributed by atoms with E-state index < -0.39 is 5.60 Å². The number of carbonyl (C=O) groups excluding carboxylic acids is 1. The summed E-state index contributed by atoms with van der Waals surface area (Å²) >= 11 is 0. The standard InChI is InChI=1S/C17H22O2/c1-5-6-7-8-10-14-11-9-12-15(13-14)16(18)19-17(2,3)4/h9,11-13H,5-6,10H2,1-4H3. The summed E-state index contributed by atoms with van der Waals surface area (Å²) in [6, 6.07) is 7.48. The predicted octanol–water partition coefficient (Wildman–Crippen LogP) is 3.99. The Kier molecular flexibility index (Phi) is 5.63. The zero-order chi connectivity index (χ0) is 14.3. The average Bonchev–Trinajstić information content (AvgIpc) is 2.33. The zero-order valence-corrected chi connectivity index (χ0v) is 12.2. The highest BCUT2D eigenvalue weighted by molar-refractivity contribution is 5.89. The molecule has 0 heterocycles. The van der Waals surface area contributed by atoms with E-state index in [0.29, 0.717) is 12.0 Å². The Morgan fingerprint density at radius 1 is 1.26 bits per heavy atom. The highest BCUT2D eigenvalue weighted by Gasteiger charge is 2.17. The number of benzene rings is 1. The Morgan fingerprint density at radius 3 is 2.63 bits per heavy atom. The van der Waals surface area contributed by atoms with Gasteiger partial charge in [0.1, 0.15) is 5.60 Å². The molecule has 1 aromatic carbocycles. The quantitative estimate of drug-likeness (QED) is 0.605. The molecule has 0 radical (unpaired) electrons. The van der Waals surface area contributed by atoms with Gasteiger partial charge in [0.25, 0.3) is 0 Å². The second-order valence-corrected chi connectivity index (χ2v) is 5.48. The second-order valence-electron chi connectivity index (χ2n) is 5.48. The van der Waals surface area contributed by atoms with Gasteiger partial charge in [0.15, 0.2) is 0 Å². The Morgan fingerprint density at radius 2 is 2.00 bits per heavy atom. The molecular weight excluding hydrogens is 236 g/mol. The van der Waals surface area contributed by atoms with Crippen LogP contribution in [0.25, 0.3) is 0 Å². The minimum absolute atomic E-state index is 0.282. The molecule has 0 N–H and O–H groups in total. The van der Waals surface area contributed by atoms with Crippen LogP contribution >= 0.6 is 0 Å². The van der Waals surface area contributed by atoms with Crippen LogP contribution in [0.2, 0.25) is 0 Å². The predicted molar refractivity (Wildman–Crippen MR) is 78.0 cm³/mol. The Labute approximate surface area is 116 Å². The van der Waals surface area contributed by atoms with Crippen LogP contribution in [0.4, 0.5) is 0 Å². The van der Waals surface area contributed by atoms with Gasteiger partial charge in [-0.15, -0.1) is 5.92 Å². The fourth-order valence-corrected chi connectivity index (χ4v) is 1.52. The molecule has 0 fully saturated rings. The normalized spacial score (nSPS) is 10.5. The van der Waals surface area contributed by atoms with Crippen molar-refractivity contribution >= 4 is 5.97 Å². The van der Waals surface area contributed by atoms with Crippen LogP contribution in [0.5, 0.6) is 0 Å². The number of hydrogen-bond donors (Lipinski definition) is 0. The minimum Gasteiger partial charge on any atom is -0.456 e. The van der Waals surface area contributed by atoms with Crippen LogP contribution in [0.1, 0.15) is 56.5 Å². The third-order valence-corrected chi connectivity index (χ3v) is 2.35. The van der Waals surface area contributed by atoms with Gasteiger partial charge in [0.2, 0.25) is 0 Å². The molecule has 1 aromatic rings. The van der Waals surface area contributed by atoms with Crippen LogP contribution in [-0.2, 0) is 11.2 Å². The molecule has 0 aliphatic carbocycles. The van der Waals surface area contributed by atoms with Gasteiger partial charge < -0.3 is 4.74 Å². The molecule has 102 valence electrons. The van der Waals surface area contributed by atoms with Gasteiger partial charge in [-0.2, -0.15) is 0 Å². The fraction of sp³-hybridized carbons (Fsp3) is 0.471. The summed E-state index contributed by atoms with van der Waals surface area (Å²) in [5, 5.41) is 0. The van der Waals surface area contributed by atoms with Crippen molar-refractivity contribution < 1.29 is 9.53 Å². The second kappa shape index (κ2) is 6.99. The van der Waals surface area contributed by atoms with Crippen LogP contribution in [0.3, 0.4) is 0 Å². The van der Waals surface area contributed by atoms with Gasteiger partial charge in [-0.1, -0.05) is 25.0 Å². The molecule has 0 aliphatic heterocycles. The molecule has 0 saturated carbocycles. The summed E-state index contributed by atoms with van der Waals surface area (Å²) in [6.45, 7) is 7.71. The van der Waals surface area contributed by atoms with Crippen LogP contribution in [-0.4, -0.2) is 11.6 Å². The summed E-state index contributed by atoms with van der Waals surface area (Å²) in [5.74, 6) is 5.94. The minimum atomic E-state index is -0.464. The fourth-order valence-electron chi connectivity index (χ4n) is 1.52. The van der Waals surface area contributed by atoms with Crippen molar-refractivity contribution in [3.63, 3.8) is 0 Å². The molecule has 1 rings (SSSR count). The zero-order valence-electron chi connectivity index (χ0n) is 12.2. The molecule has 2 nitrogen and oxygen atoms in total. The van der Waals surface area contributed by atoms with E-state index in [9.17, 15) is 4.79 Å². The van der Waals surface area contributed by atoms with Crippen LogP contribution in [0, 0.1) is 11.8 Å². The van der Waals surface area contributed by atoms with Crippen molar-refractivity contribution in [3.05, 3.63) is 35.4 Å². The lowest BCUT2D eigenvalue weighted by Gasteiger charge is -2.19. The Balaban J connectivity index is 2.72. The first-order chi connectivity index (χ1) is 8.92. The number of carbonyl (C=O) groups is 1. The summed E-state index contributed by atoms with van der Waals surface area (Å²) in [5.41, 5.74) is 1.17. The van der Waals surface area contributed by atoms with E-state index in [-0.39, 0.29) is 5.97 Å². The third kappa shape index (κ3) is 6.10. The summed E-state index contributed by atoms with van der Waals surface area (Å²) < 4.78 is 5.35. The van der Waals surface area contributed by atoms with E-state index >= 15 is 0 Å². The number of unbranched alkanes of at least 4 members (excludes halogenated alkanes) is 1. The average molecular weight is 258 g/mol. The largest absolute Gasteiger partial charge is 0.456 e. The summed E-state index contributed by atoms with van der Waals surface area (Å²) in [6.07, 6.45) is 2.67. The van der Waals surface area contributed by atoms with Gasteiger partial charge in [0.05, 0.1) is 5.56 Å². The molecule has 0 aliphatic rings. The van der Waals surface area contributed by atoms with E-state index in [1.807, 2.05) is 39.0 Å². The van der Waals surface area contributed by atoms with Gasteiger partial charge in [-0.3, -0.25) is 0 Å². The maximum absolute atomic E-state index is 11.9.